The van der Waals surface area contributed by atoms with Gasteiger partial charge in [0.2, 0.25) is 5.91 Å². The maximum absolute atomic E-state index is 13.1. The summed E-state index contributed by atoms with van der Waals surface area (Å²) in [5.74, 6) is 2.70. The third kappa shape index (κ3) is 5.04. The number of hydrogen-bond donors (Lipinski definition) is 0. The fourth-order valence-corrected chi connectivity index (χ4v) is 4.84. The van der Waals surface area contributed by atoms with Crippen molar-refractivity contribution in [3.63, 3.8) is 0 Å². The van der Waals surface area contributed by atoms with E-state index in [1.54, 1.807) is 0 Å². The molecule has 0 saturated carbocycles. The van der Waals surface area contributed by atoms with Gasteiger partial charge in [-0.05, 0) is 89.4 Å². The molecular weight excluding hydrogens is 366 g/mol. The van der Waals surface area contributed by atoms with Crippen molar-refractivity contribution in [2.75, 3.05) is 60.0 Å². The number of amides is 1. The molecule has 4 rings (SSSR count). The predicted octanol–water partition coefficient (Wildman–Crippen LogP) is 2.79. The molecule has 2 saturated heterocycles. The minimum Gasteiger partial charge on any atom is -0.486 e. The molecule has 0 N–H and O–H groups in total. The van der Waals surface area contributed by atoms with Crippen LogP contribution in [0, 0.1) is 5.92 Å². The highest BCUT2D eigenvalue weighted by molar-refractivity contribution is 5.79. The number of nitrogens with zero attached hydrogens (tertiary/aromatic N) is 3. The number of ether oxygens (including phenoxy) is 2. The van der Waals surface area contributed by atoms with Gasteiger partial charge in [-0.25, -0.2) is 0 Å². The van der Waals surface area contributed by atoms with Crippen molar-refractivity contribution in [2.45, 2.75) is 38.1 Å². The molecule has 0 aromatic heterocycles. The molecule has 1 aromatic carbocycles. The minimum atomic E-state index is 0.163. The fourth-order valence-electron chi connectivity index (χ4n) is 4.84. The smallest absolute Gasteiger partial charge is 0.237 e. The third-order valence-corrected chi connectivity index (χ3v) is 6.57. The monoisotopic (exact) mass is 401 g/mol. The quantitative estimate of drug-likeness (QED) is 0.734. The van der Waals surface area contributed by atoms with Crippen molar-refractivity contribution in [2.24, 2.45) is 5.92 Å². The molecule has 1 unspecified atom stereocenters. The number of benzene rings is 1. The summed E-state index contributed by atoms with van der Waals surface area (Å²) >= 11 is 0. The highest BCUT2D eigenvalue weighted by Crippen LogP contribution is 2.38. The van der Waals surface area contributed by atoms with Gasteiger partial charge in [0.05, 0.1) is 12.6 Å². The summed E-state index contributed by atoms with van der Waals surface area (Å²) in [6.07, 6.45) is 5.79. The molecule has 1 amide bonds. The average molecular weight is 402 g/mol. The Morgan fingerprint density at radius 2 is 1.83 bits per heavy atom. The van der Waals surface area contributed by atoms with E-state index < -0.39 is 0 Å². The highest BCUT2D eigenvalue weighted by Gasteiger charge is 2.32. The molecule has 0 bridgehead atoms. The Labute approximate surface area is 174 Å². The second kappa shape index (κ2) is 9.35. The Morgan fingerprint density at radius 1 is 1.07 bits per heavy atom. The average Bonchev–Trinajstić information content (AvgIpc) is 3.23. The van der Waals surface area contributed by atoms with Gasteiger partial charge < -0.3 is 19.3 Å². The lowest BCUT2D eigenvalue weighted by Gasteiger charge is -2.34. The first kappa shape index (κ1) is 20.5. The van der Waals surface area contributed by atoms with E-state index >= 15 is 0 Å². The summed E-state index contributed by atoms with van der Waals surface area (Å²) in [5.41, 5.74) is 1.17. The molecule has 6 heteroatoms. The summed E-state index contributed by atoms with van der Waals surface area (Å²) in [7, 11) is 4.28. The van der Waals surface area contributed by atoms with E-state index in [9.17, 15) is 4.79 Å². The van der Waals surface area contributed by atoms with Crippen LogP contribution < -0.4 is 9.47 Å². The summed E-state index contributed by atoms with van der Waals surface area (Å²) in [4.78, 5) is 19.8. The summed E-state index contributed by atoms with van der Waals surface area (Å²) in [6, 6.07) is 6.32. The zero-order valence-electron chi connectivity index (χ0n) is 17.9. The van der Waals surface area contributed by atoms with E-state index in [0.717, 1.165) is 56.4 Å². The lowest BCUT2D eigenvalue weighted by molar-refractivity contribution is -0.133. The van der Waals surface area contributed by atoms with Crippen LogP contribution in [0.2, 0.25) is 0 Å². The second-order valence-electron chi connectivity index (χ2n) is 8.96. The third-order valence-electron chi connectivity index (χ3n) is 6.57. The van der Waals surface area contributed by atoms with Gasteiger partial charge in [0, 0.05) is 6.54 Å². The number of piperidine rings is 1. The zero-order valence-corrected chi connectivity index (χ0v) is 17.9. The first-order valence-electron chi connectivity index (χ1n) is 11.2. The number of likely N-dealkylation sites (tertiary alicyclic amines) is 2. The zero-order chi connectivity index (χ0) is 20.2. The summed E-state index contributed by atoms with van der Waals surface area (Å²) in [6.45, 7) is 5.87. The Morgan fingerprint density at radius 3 is 2.59 bits per heavy atom. The molecule has 3 heterocycles. The van der Waals surface area contributed by atoms with Crippen LogP contribution >= 0.6 is 0 Å². The van der Waals surface area contributed by atoms with Crippen LogP contribution in [-0.4, -0.2) is 80.6 Å². The number of fused-ring (bicyclic) bond motifs is 1. The molecule has 1 aromatic rings. The molecular formula is C23H35N3O3. The van der Waals surface area contributed by atoms with Gasteiger partial charge in [0.25, 0.3) is 0 Å². The first-order chi connectivity index (χ1) is 14.1. The van der Waals surface area contributed by atoms with Crippen molar-refractivity contribution in [1.29, 1.82) is 0 Å². The summed E-state index contributed by atoms with van der Waals surface area (Å²) < 4.78 is 11.4. The number of carbonyl (C=O) groups is 1. The van der Waals surface area contributed by atoms with Crippen LogP contribution in [0.15, 0.2) is 18.2 Å². The lowest BCUT2D eigenvalue weighted by Crippen LogP contribution is -2.43. The fraction of sp³-hybridized carbons (Fsp3) is 0.696. The Kier molecular flexibility index (Phi) is 6.60. The van der Waals surface area contributed by atoms with Crippen molar-refractivity contribution >= 4 is 5.91 Å². The van der Waals surface area contributed by atoms with E-state index in [4.69, 9.17) is 9.47 Å². The molecule has 0 radical (unpaired) electrons. The second-order valence-corrected chi connectivity index (χ2v) is 8.96. The van der Waals surface area contributed by atoms with Crippen LogP contribution in [0.3, 0.4) is 0 Å². The lowest BCUT2D eigenvalue weighted by atomic mass is 9.93. The number of carbonyl (C=O) groups excluding carboxylic acids is 1. The molecule has 0 aliphatic carbocycles. The Bertz CT molecular complexity index is 701. The van der Waals surface area contributed by atoms with E-state index in [0.29, 0.717) is 19.8 Å². The van der Waals surface area contributed by atoms with Gasteiger partial charge in [-0.2, -0.15) is 0 Å². The summed E-state index contributed by atoms with van der Waals surface area (Å²) in [5, 5.41) is 0. The maximum atomic E-state index is 13.1. The van der Waals surface area contributed by atoms with E-state index in [1.807, 2.05) is 6.07 Å². The van der Waals surface area contributed by atoms with Crippen molar-refractivity contribution in [3.8, 4) is 11.5 Å². The van der Waals surface area contributed by atoms with Crippen LogP contribution in [-0.2, 0) is 4.79 Å². The maximum Gasteiger partial charge on any atom is 0.237 e. The van der Waals surface area contributed by atoms with Crippen molar-refractivity contribution in [3.05, 3.63) is 23.8 Å². The molecule has 1 atom stereocenters. The molecule has 2 fully saturated rings. The molecule has 160 valence electrons. The predicted molar refractivity (Wildman–Crippen MR) is 113 cm³/mol. The van der Waals surface area contributed by atoms with E-state index in [2.05, 4.69) is 40.9 Å². The number of rotatable bonds is 6. The van der Waals surface area contributed by atoms with E-state index in [-0.39, 0.29) is 11.9 Å². The first-order valence-corrected chi connectivity index (χ1v) is 11.2. The van der Waals surface area contributed by atoms with Crippen molar-refractivity contribution < 1.29 is 14.3 Å². The number of hydrogen-bond acceptors (Lipinski definition) is 5. The minimum absolute atomic E-state index is 0.163. The Hall–Kier alpha value is -1.79. The van der Waals surface area contributed by atoms with Crippen LogP contribution in [0.1, 0.15) is 43.7 Å². The molecule has 29 heavy (non-hydrogen) atoms. The van der Waals surface area contributed by atoms with Gasteiger partial charge >= 0.3 is 0 Å². The van der Waals surface area contributed by atoms with Crippen LogP contribution in [0.4, 0.5) is 0 Å². The molecule has 0 spiro atoms. The van der Waals surface area contributed by atoms with Gasteiger partial charge in [-0.3, -0.25) is 9.69 Å². The van der Waals surface area contributed by atoms with Crippen LogP contribution in [0.25, 0.3) is 0 Å². The van der Waals surface area contributed by atoms with Crippen LogP contribution in [0.5, 0.6) is 11.5 Å². The van der Waals surface area contributed by atoms with Gasteiger partial charge in [0.1, 0.15) is 13.2 Å². The van der Waals surface area contributed by atoms with Gasteiger partial charge in [-0.15, -0.1) is 0 Å². The normalized spacial score (nSPS) is 23.0. The van der Waals surface area contributed by atoms with Gasteiger partial charge in [0.15, 0.2) is 11.5 Å². The molecule has 3 aliphatic heterocycles. The Balaban J connectivity index is 1.32. The van der Waals surface area contributed by atoms with E-state index in [1.165, 1.54) is 24.8 Å². The highest BCUT2D eigenvalue weighted by atomic mass is 16.6. The van der Waals surface area contributed by atoms with Crippen molar-refractivity contribution in [1.82, 2.24) is 14.7 Å². The van der Waals surface area contributed by atoms with Gasteiger partial charge in [-0.1, -0.05) is 6.07 Å². The SMILES string of the molecule is CN(C)CCC1CCN(CC(=O)N2CCCC2c2ccc3c(c2)OCCO3)CC1. The largest absolute Gasteiger partial charge is 0.486 e. The standard InChI is InChI=1S/C23H35N3O3/c1-24(2)11-7-18-8-12-25(13-9-18)17-23(27)26-10-3-4-20(26)19-5-6-21-22(16-19)29-15-14-28-21/h5-6,16,18,20H,3-4,7-15,17H2,1-2H3. The molecule has 6 nitrogen and oxygen atoms in total. The topological polar surface area (TPSA) is 45.2 Å². The molecule has 3 aliphatic rings.